The summed E-state index contributed by atoms with van der Waals surface area (Å²) in [6.07, 6.45) is 2.06. The van der Waals surface area contributed by atoms with Crippen molar-refractivity contribution in [2.45, 2.75) is 19.3 Å². The molecule has 0 aliphatic carbocycles. The van der Waals surface area contributed by atoms with Gasteiger partial charge in [-0.15, -0.1) is 0 Å². The Morgan fingerprint density at radius 1 is 1.33 bits per heavy atom. The fourth-order valence-electron chi connectivity index (χ4n) is 1.48. The highest BCUT2D eigenvalue weighted by Crippen LogP contribution is 2.27. The van der Waals surface area contributed by atoms with E-state index in [1.807, 2.05) is 12.1 Å². The first-order chi connectivity index (χ1) is 6.97. The van der Waals surface area contributed by atoms with Gasteiger partial charge in [-0.1, -0.05) is 26.0 Å². The summed E-state index contributed by atoms with van der Waals surface area (Å²) in [7, 11) is 0. The van der Waals surface area contributed by atoms with Crippen molar-refractivity contribution in [3.05, 3.63) is 39.9 Å². The van der Waals surface area contributed by atoms with Gasteiger partial charge in [-0.25, -0.2) is 0 Å². The fraction of sp³-hybridized carbons (Fsp3) is 0.455. The maximum absolute atomic E-state index is 10.5. The SMILES string of the molecule is CSCC(C)(C)c1ccc([N+](=O)[O-])cc1. The number of nitro benzene ring substituents is 1. The molecule has 0 atom stereocenters. The van der Waals surface area contributed by atoms with Crippen LogP contribution in [0.25, 0.3) is 0 Å². The third-order valence-corrected chi connectivity index (χ3v) is 3.38. The van der Waals surface area contributed by atoms with Gasteiger partial charge in [0.05, 0.1) is 4.92 Å². The molecule has 1 aromatic carbocycles. The molecule has 0 radical (unpaired) electrons. The van der Waals surface area contributed by atoms with Crippen molar-refractivity contribution in [1.29, 1.82) is 0 Å². The Kier molecular flexibility index (Phi) is 3.74. The van der Waals surface area contributed by atoms with Crippen LogP contribution in [-0.2, 0) is 5.41 Å². The molecule has 15 heavy (non-hydrogen) atoms. The largest absolute Gasteiger partial charge is 0.269 e. The Morgan fingerprint density at radius 3 is 2.27 bits per heavy atom. The second kappa shape index (κ2) is 4.66. The molecule has 0 N–H and O–H groups in total. The summed E-state index contributed by atoms with van der Waals surface area (Å²) in [4.78, 5) is 10.1. The molecule has 3 nitrogen and oxygen atoms in total. The smallest absolute Gasteiger partial charge is 0.258 e. The summed E-state index contributed by atoms with van der Waals surface area (Å²) in [6.45, 7) is 4.29. The van der Waals surface area contributed by atoms with Crippen LogP contribution in [0.3, 0.4) is 0 Å². The minimum atomic E-state index is -0.370. The molecule has 4 heteroatoms. The lowest BCUT2D eigenvalue weighted by atomic mass is 9.87. The molecular weight excluding hydrogens is 210 g/mol. The van der Waals surface area contributed by atoms with Gasteiger partial charge in [-0.3, -0.25) is 10.1 Å². The van der Waals surface area contributed by atoms with Gasteiger partial charge < -0.3 is 0 Å². The van der Waals surface area contributed by atoms with Crippen LogP contribution in [0.1, 0.15) is 19.4 Å². The predicted molar refractivity (Wildman–Crippen MR) is 64.5 cm³/mol. The third kappa shape index (κ3) is 2.96. The minimum absolute atomic E-state index is 0.0640. The number of nitro groups is 1. The Hall–Kier alpha value is -1.03. The van der Waals surface area contributed by atoms with Crippen molar-refractivity contribution in [3.63, 3.8) is 0 Å². The van der Waals surface area contributed by atoms with Gasteiger partial charge in [0.2, 0.25) is 0 Å². The second-order valence-corrected chi connectivity index (χ2v) is 4.99. The first-order valence-electron chi connectivity index (χ1n) is 4.71. The zero-order valence-electron chi connectivity index (χ0n) is 9.19. The third-order valence-electron chi connectivity index (χ3n) is 2.36. The van der Waals surface area contributed by atoms with Gasteiger partial charge >= 0.3 is 0 Å². The van der Waals surface area contributed by atoms with Crippen molar-refractivity contribution in [1.82, 2.24) is 0 Å². The number of nitrogens with zero attached hydrogens (tertiary/aromatic N) is 1. The van der Waals surface area contributed by atoms with E-state index in [1.54, 1.807) is 23.9 Å². The molecule has 0 aromatic heterocycles. The Bertz CT molecular complexity index is 346. The molecule has 0 aliphatic heterocycles. The highest BCUT2D eigenvalue weighted by molar-refractivity contribution is 7.98. The molecule has 0 unspecified atom stereocenters. The summed E-state index contributed by atoms with van der Waals surface area (Å²) in [5.41, 5.74) is 1.36. The van der Waals surface area contributed by atoms with E-state index in [0.717, 1.165) is 11.3 Å². The first-order valence-corrected chi connectivity index (χ1v) is 6.10. The van der Waals surface area contributed by atoms with Gasteiger partial charge in [0.1, 0.15) is 0 Å². The monoisotopic (exact) mass is 225 g/mol. The molecule has 1 rings (SSSR count). The average Bonchev–Trinajstić information content (AvgIpc) is 2.18. The minimum Gasteiger partial charge on any atom is -0.258 e. The van der Waals surface area contributed by atoms with Gasteiger partial charge in [-0.05, 0) is 17.2 Å². The van der Waals surface area contributed by atoms with Crippen LogP contribution in [0.4, 0.5) is 5.69 Å². The lowest BCUT2D eigenvalue weighted by Gasteiger charge is -2.23. The van der Waals surface area contributed by atoms with E-state index in [1.165, 1.54) is 0 Å². The zero-order chi connectivity index (χ0) is 11.5. The van der Waals surface area contributed by atoms with Crippen LogP contribution >= 0.6 is 11.8 Å². The highest BCUT2D eigenvalue weighted by atomic mass is 32.2. The Morgan fingerprint density at radius 2 is 1.87 bits per heavy atom. The first kappa shape index (κ1) is 12.0. The molecule has 0 spiro atoms. The predicted octanol–water partition coefficient (Wildman–Crippen LogP) is 3.24. The van der Waals surface area contributed by atoms with Crippen LogP contribution in [0.5, 0.6) is 0 Å². The normalized spacial score (nSPS) is 11.4. The van der Waals surface area contributed by atoms with Crippen LogP contribution in [-0.4, -0.2) is 16.9 Å². The summed E-state index contributed by atoms with van der Waals surface area (Å²) in [5.74, 6) is 1.00. The highest BCUT2D eigenvalue weighted by Gasteiger charge is 2.20. The van der Waals surface area contributed by atoms with Gasteiger partial charge in [0.25, 0.3) is 5.69 Å². The van der Waals surface area contributed by atoms with E-state index in [9.17, 15) is 10.1 Å². The maximum atomic E-state index is 10.5. The second-order valence-electron chi connectivity index (χ2n) is 4.12. The van der Waals surface area contributed by atoms with Crippen LogP contribution in [0.15, 0.2) is 24.3 Å². The maximum Gasteiger partial charge on any atom is 0.269 e. The number of hydrogen-bond donors (Lipinski definition) is 0. The van der Waals surface area contributed by atoms with E-state index in [-0.39, 0.29) is 16.0 Å². The van der Waals surface area contributed by atoms with Crippen molar-refractivity contribution in [2.75, 3.05) is 12.0 Å². The molecule has 0 bridgehead atoms. The number of non-ortho nitro benzene ring substituents is 1. The number of hydrogen-bond acceptors (Lipinski definition) is 3. The van der Waals surface area contributed by atoms with E-state index in [0.29, 0.717) is 0 Å². The van der Waals surface area contributed by atoms with Crippen molar-refractivity contribution in [2.24, 2.45) is 0 Å². The molecule has 0 saturated carbocycles. The molecule has 0 fully saturated rings. The van der Waals surface area contributed by atoms with Crippen molar-refractivity contribution < 1.29 is 4.92 Å². The molecular formula is C11H15NO2S. The fourth-order valence-corrected chi connectivity index (χ4v) is 2.37. The molecule has 0 amide bonds. The van der Waals surface area contributed by atoms with Gasteiger partial charge in [0.15, 0.2) is 0 Å². The summed E-state index contributed by atoms with van der Waals surface area (Å²) >= 11 is 1.78. The lowest BCUT2D eigenvalue weighted by molar-refractivity contribution is -0.384. The molecule has 0 saturated heterocycles. The summed E-state index contributed by atoms with van der Waals surface area (Å²) in [6, 6.07) is 6.82. The van der Waals surface area contributed by atoms with E-state index in [4.69, 9.17) is 0 Å². The lowest BCUT2D eigenvalue weighted by Crippen LogP contribution is -2.20. The van der Waals surface area contributed by atoms with Gasteiger partial charge in [-0.2, -0.15) is 11.8 Å². The Labute approximate surface area is 94.0 Å². The quantitative estimate of drug-likeness (QED) is 0.583. The number of benzene rings is 1. The average molecular weight is 225 g/mol. The zero-order valence-corrected chi connectivity index (χ0v) is 10.0. The van der Waals surface area contributed by atoms with E-state index >= 15 is 0 Å². The number of rotatable bonds is 4. The molecule has 0 aliphatic rings. The summed E-state index contributed by atoms with van der Waals surface area (Å²) in [5, 5.41) is 10.5. The van der Waals surface area contributed by atoms with Gasteiger partial charge in [0, 0.05) is 17.9 Å². The standard InChI is InChI=1S/C11H15NO2S/c1-11(2,8-15-3)9-4-6-10(7-5-9)12(13)14/h4-7H,8H2,1-3H3. The van der Waals surface area contributed by atoms with E-state index < -0.39 is 0 Å². The van der Waals surface area contributed by atoms with Crippen LogP contribution in [0.2, 0.25) is 0 Å². The molecule has 1 aromatic rings. The van der Waals surface area contributed by atoms with E-state index in [2.05, 4.69) is 20.1 Å². The Balaban J connectivity index is 2.93. The summed E-state index contributed by atoms with van der Waals surface area (Å²) < 4.78 is 0. The van der Waals surface area contributed by atoms with Crippen molar-refractivity contribution >= 4 is 17.4 Å². The van der Waals surface area contributed by atoms with Crippen molar-refractivity contribution in [3.8, 4) is 0 Å². The molecule has 82 valence electrons. The topological polar surface area (TPSA) is 43.1 Å². The molecule has 0 heterocycles. The van der Waals surface area contributed by atoms with Crippen LogP contribution < -0.4 is 0 Å². The number of thioether (sulfide) groups is 1. The van der Waals surface area contributed by atoms with Crippen LogP contribution in [0, 0.1) is 10.1 Å².